The third-order valence-electron chi connectivity index (χ3n) is 6.17. The molecule has 172 valence electrons. The number of hydrogen-bond donors (Lipinski definition) is 1. The number of carbonyl (C=O) groups is 1. The van der Waals surface area contributed by atoms with Crippen LogP contribution in [0.15, 0.2) is 47.6 Å². The summed E-state index contributed by atoms with van der Waals surface area (Å²) in [6.45, 7) is 1.41. The third-order valence-corrected chi connectivity index (χ3v) is 7.14. The molecule has 33 heavy (non-hydrogen) atoms. The molecule has 2 aromatic carbocycles. The molecule has 2 heterocycles. The first-order chi connectivity index (χ1) is 16.2. The minimum absolute atomic E-state index is 0.00982. The molecule has 1 aliphatic carbocycles. The molecule has 0 spiro atoms. The maximum absolute atomic E-state index is 13.4. The SMILES string of the molecule is O=C(CCSc1nnc(-c2ccc(F)cc2)n1CC1CCCO1)Nc1ccc2c(c1)CCC2. The summed E-state index contributed by atoms with van der Waals surface area (Å²) >= 11 is 1.51. The molecule has 1 aromatic heterocycles. The number of nitrogens with zero attached hydrogens (tertiary/aromatic N) is 3. The van der Waals surface area contributed by atoms with Gasteiger partial charge >= 0.3 is 0 Å². The molecule has 1 unspecified atom stereocenters. The summed E-state index contributed by atoms with van der Waals surface area (Å²) in [6, 6.07) is 12.5. The second kappa shape index (κ2) is 10.1. The predicted octanol–water partition coefficient (Wildman–Crippen LogP) is 4.87. The lowest BCUT2D eigenvalue weighted by molar-refractivity contribution is -0.115. The number of benzene rings is 2. The van der Waals surface area contributed by atoms with E-state index >= 15 is 0 Å². The number of anilines is 1. The summed E-state index contributed by atoms with van der Waals surface area (Å²) in [5.41, 5.74) is 4.41. The highest BCUT2D eigenvalue weighted by atomic mass is 32.2. The molecule has 1 N–H and O–H groups in total. The zero-order valence-electron chi connectivity index (χ0n) is 18.4. The number of ether oxygens (including phenoxy) is 1. The fraction of sp³-hybridized carbons (Fsp3) is 0.400. The summed E-state index contributed by atoms with van der Waals surface area (Å²) in [6.07, 6.45) is 5.94. The van der Waals surface area contributed by atoms with Gasteiger partial charge in [0.15, 0.2) is 11.0 Å². The lowest BCUT2D eigenvalue weighted by Crippen LogP contribution is -2.17. The number of aromatic nitrogens is 3. The quantitative estimate of drug-likeness (QED) is 0.480. The van der Waals surface area contributed by atoms with Gasteiger partial charge in [-0.1, -0.05) is 17.8 Å². The van der Waals surface area contributed by atoms with Gasteiger partial charge in [0.1, 0.15) is 5.82 Å². The fourth-order valence-corrected chi connectivity index (χ4v) is 5.36. The molecule has 1 amide bonds. The van der Waals surface area contributed by atoms with Crippen LogP contribution >= 0.6 is 11.8 Å². The van der Waals surface area contributed by atoms with E-state index in [1.54, 1.807) is 12.1 Å². The van der Waals surface area contributed by atoms with E-state index in [1.165, 1.54) is 41.4 Å². The van der Waals surface area contributed by atoms with Crippen molar-refractivity contribution in [2.75, 3.05) is 17.7 Å². The minimum Gasteiger partial charge on any atom is -0.376 e. The van der Waals surface area contributed by atoms with Crippen molar-refractivity contribution in [2.24, 2.45) is 0 Å². The van der Waals surface area contributed by atoms with Gasteiger partial charge in [0.2, 0.25) is 5.91 Å². The monoisotopic (exact) mass is 466 g/mol. The zero-order valence-corrected chi connectivity index (χ0v) is 19.2. The van der Waals surface area contributed by atoms with Crippen molar-refractivity contribution in [1.29, 1.82) is 0 Å². The Kier molecular flexibility index (Phi) is 6.73. The van der Waals surface area contributed by atoms with Gasteiger partial charge in [-0.05, 0) is 79.6 Å². The normalized spacial score (nSPS) is 17.3. The summed E-state index contributed by atoms with van der Waals surface area (Å²) in [5.74, 6) is 0.983. The smallest absolute Gasteiger partial charge is 0.225 e. The first-order valence-corrected chi connectivity index (χ1v) is 12.5. The fourth-order valence-electron chi connectivity index (χ4n) is 4.47. The van der Waals surface area contributed by atoms with Gasteiger partial charge in [-0.25, -0.2) is 4.39 Å². The summed E-state index contributed by atoms with van der Waals surface area (Å²) in [4.78, 5) is 12.5. The highest BCUT2D eigenvalue weighted by Crippen LogP contribution is 2.28. The van der Waals surface area contributed by atoms with Gasteiger partial charge in [0.05, 0.1) is 12.6 Å². The molecule has 0 radical (unpaired) electrons. The molecule has 0 bridgehead atoms. The number of hydrogen-bond acceptors (Lipinski definition) is 5. The number of nitrogens with one attached hydrogen (secondary N) is 1. The molecule has 1 fully saturated rings. The van der Waals surface area contributed by atoms with Crippen LogP contribution in [0.4, 0.5) is 10.1 Å². The maximum Gasteiger partial charge on any atom is 0.225 e. The molecule has 0 saturated carbocycles. The Morgan fingerprint density at radius 1 is 1.12 bits per heavy atom. The van der Waals surface area contributed by atoms with E-state index in [0.717, 1.165) is 48.7 Å². The van der Waals surface area contributed by atoms with Crippen molar-refractivity contribution in [3.63, 3.8) is 0 Å². The van der Waals surface area contributed by atoms with Crippen LogP contribution in [0.5, 0.6) is 0 Å². The average Bonchev–Trinajstić information content (AvgIpc) is 3.57. The van der Waals surface area contributed by atoms with Crippen molar-refractivity contribution >= 4 is 23.4 Å². The topological polar surface area (TPSA) is 69.0 Å². The highest BCUT2D eigenvalue weighted by molar-refractivity contribution is 7.99. The summed E-state index contributed by atoms with van der Waals surface area (Å²) in [7, 11) is 0. The molecule has 1 aliphatic heterocycles. The molecule has 1 atom stereocenters. The van der Waals surface area contributed by atoms with Crippen molar-refractivity contribution in [3.8, 4) is 11.4 Å². The summed E-state index contributed by atoms with van der Waals surface area (Å²) in [5, 5.41) is 12.5. The third kappa shape index (κ3) is 5.28. The first-order valence-electron chi connectivity index (χ1n) is 11.5. The van der Waals surface area contributed by atoms with Crippen LogP contribution in [-0.2, 0) is 28.9 Å². The van der Waals surface area contributed by atoms with Crippen LogP contribution < -0.4 is 5.32 Å². The highest BCUT2D eigenvalue weighted by Gasteiger charge is 2.22. The van der Waals surface area contributed by atoms with Crippen molar-refractivity contribution in [3.05, 3.63) is 59.4 Å². The van der Waals surface area contributed by atoms with E-state index < -0.39 is 0 Å². The largest absolute Gasteiger partial charge is 0.376 e. The number of fused-ring (bicyclic) bond motifs is 1. The van der Waals surface area contributed by atoms with Gasteiger partial charge in [0.25, 0.3) is 0 Å². The number of halogens is 1. The van der Waals surface area contributed by atoms with Crippen molar-refractivity contribution < 1.29 is 13.9 Å². The van der Waals surface area contributed by atoms with Crippen molar-refractivity contribution in [2.45, 2.75) is 56.3 Å². The molecule has 5 rings (SSSR count). The number of aryl methyl sites for hydroxylation is 2. The Balaban J connectivity index is 1.23. The second-order valence-corrected chi connectivity index (χ2v) is 9.60. The van der Waals surface area contributed by atoms with E-state index in [1.807, 2.05) is 10.6 Å². The minimum atomic E-state index is -0.284. The van der Waals surface area contributed by atoms with Crippen LogP contribution in [0.3, 0.4) is 0 Å². The maximum atomic E-state index is 13.4. The first kappa shape index (κ1) is 22.1. The lowest BCUT2D eigenvalue weighted by Gasteiger charge is -2.14. The van der Waals surface area contributed by atoms with Gasteiger partial charge in [0, 0.05) is 30.0 Å². The van der Waals surface area contributed by atoms with Crippen LogP contribution in [0.1, 0.15) is 36.8 Å². The molecule has 1 saturated heterocycles. The Morgan fingerprint density at radius 2 is 1.97 bits per heavy atom. The van der Waals surface area contributed by atoms with Gasteiger partial charge in [-0.2, -0.15) is 0 Å². The molecule has 2 aliphatic rings. The number of rotatable bonds is 8. The molecular formula is C25H27FN4O2S. The Morgan fingerprint density at radius 3 is 2.79 bits per heavy atom. The molecular weight excluding hydrogens is 439 g/mol. The van der Waals surface area contributed by atoms with Crippen LogP contribution in [0, 0.1) is 5.82 Å². The van der Waals surface area contributed by atoms with Crippen molar-refractivity contribution in [1.82, 2.24) is 14.8 Å². The Labute approximate surface area is 196 Å². The number of amides is 1. The summed E-state index contributed by atoms with van der Waals surface area (Å²) < 4.78 is 21.3. The predicted molar refractivity (Wildman–Crippen MR) is 127 cm³/mol. The average molecular weight is 467 g/mol. The zero-order chi connectivity index (χ0) is 22.6. The molecule has 8 heteroatoms. The lowest BCUT2D eigenvalue weighted by atomic mass is 10.1. The molecule has 3 aromatic rings. The Hall–Kier alpha value is -2.71. The van der Waals surface area contributed by atoms with Gasteiger partial charge in [-0.3, -0.25) is 9.36 Å². The number of thioether (sulfide) groups is 1. The second-order valence-electron chi connectivity index (χ2n) is 8.54. The van der Waals surface area contributed by atoms with E-state index in [4.69, 9.17) is 4.74 Å². The van der Waals surface area contributed by atoms with Crippen LogP contribution in [0.2, 0.25) is 0 Å². The van der Waals surface area contributed by atoms with Crippen LogP contribution in [0.25, 0.3) is 11.4 Å². The van der Waals surface area contributed by atoms with Gasteiger partial charge < -0.3 is 10.1 Å². The van der Waals surface area contributed by atoms with E-state index in [9.17, 15) is 9.18 Å². The van der Waals surface area contributed by atoms with E-state index in [2.05, 4.69) is 27.6 Å². The molecule has 6 nitrogen and oxygen atoms in total. The van der Waals surface area contributed by atoms with Gasteiger partial charge in [-0.15, -0.1) is 10.2 Å². The Bertz CT molecular complexity index is 1130. The number of carbonyl (C=O) groups excluding carboxylic acids is 1. The van der Waals surface area contributed by atoms with E-state index in [0.29, 0.717) is 24.5 Å². The van der Waals surface area contributed by atoms with E-state index in [-0.39, 0.29) is 17.8 Å². The standard InChI is InChI=1S/C25H27FN4O2S/c26-20-9-6-18(7-10-20)24-28-29-25(30(24)16-22-5-2-13-32-22)33-14-12-23(31)27-21-11-8-17-3-1-4-19(17)15-21/h6-11,15,22H,1-5,12-14,16H2,(H,27,31). The van der Waals surface area contributed by atoms with Crippen LogP contribution in [-0.4, -0.2) is 39.1 Å².